The maximum absolute atomic E-state index is 13.1. The second kappa shape index (κ2) is 5.15. The topological polar surface area (TPSA) is 34.9 Å². The van der Waals surface area contributed by atoms with E-state index in [1.807, 2.05) is 10.9 Å². The minimum absolute atomic E-state index is 0.0797. The Balaban J connectivity index is 1.80. The van der Waals surface area contributed by atoms with Crippen LogP contribution in [-0.2, 0) is 11.2 Å². The number of aldehydes is 1. The fourth-order valence-electron chi connectivity index (χ4n) is 4.09. The highest BCUT2D eigenvalue weighted by Gasteiger charge is 2.43. The molecule has 3 nitrogen and oxygen atoms in total. The first kappa shape index (κ1) is 14.4. The summed E-state index contributed by atoms with van der Waals surface area (Å²) >= 11 is 0. The minimum Gasteiger partial charge on any atom is -0.303 e. The number of benzene rings is 1. The molecular weight excluding hydrogens is 291 g/mol. The van der Waals surface area contributed by atoms with Crippen LogP contribution in [0.25, 0.3) is 11.8 Å². The van der Waals surface area contributed by atoms with Crippen molar-refractivity contribution >= 4 is 12.4 Å². The maximum Gasteiger partial charge on any atom is 0.123 e. The maximum atomic E-state index is 13.1. The van der Waals surface area contributed by atoms with E-state index in [0.717, 1.165) is 48.9 Å². The molecule has 4 rings (SSSR count). The zero-order chi connectivity index (χ0) is 16.0. The minimum atomic E-state index is -0.248. The van der Waals surface area contributed by atoms with E-state index >= 15 is 0 Å². The van der Waals surface area contributed by atoms with Gasteiger partial charge in [0.25, 0.3) is 0 Å². The van der Waals surface area contributed by atoms with E-state index in [2.05, 4.69) is 18.1 Å². The van der Waals surface area contributed by atoms with E-state index in [9.17, 15) is 9.18 Å². The lowest BCUT2D eigenvalue weighted by molar-refractivity contribution is -0.114. The van der Waals surface area contributed by atoms with Crippen molar-refractivity contribution < 1.29 is 9.18 Å². The summed E-state index contributed by atoms with van der Waals surface area (Å²) in [4.78, 5) is 11.5. The Bertz CT molecular complexity index is 790. The molecule has 0 radical (unpaired) electrons. The summed E-state index contributed by atoms with van der Waals surface area (Å²) in [6, 6.07) is 6.38. The van der Waals surface area contributed by atoms with Crippen molar-refractivity contribution in [3.8, 4) is 5.69 Å². The van der Waals surface area contributed by atoms with E-state index in [1.54, 1.807) is 12.1 Å². The average Bonchev–Trinajstić information content (AvgIpc) is 2.94. The zero-order valence-corrected chi connectivity index (χ0v) is 13.1. The molecule has 1 fully saturated rings. The van der Waals surface area contributed by atoms with Crippen molar-refractivity contribution in [2.75, 3.05) is 0 Å². The van der Waals surface area contributed by atoms with Crippen LogP contribution in [0.3, 0.4) is 0 Å². The number of fused-ring (bicyclic) bond motifs is 2. The van der Waals surface area contributed by atoms with Crippen molar-refractivity contribution in [3.63, 3.8) is 0 Å². The molecule has 0 amide bonds. The van der Waals surface area contributed by atoms with Gasteiger partial charge in [0.2, 0.25) is 0 Å². The highest BCUT2D eigenvalue weighted by atomic mass is 19.1. The fourth-order valence-corrected chi connectivity index (χ4v) is 4.09. The summed E-state index contributed by atoms with van der Waals surface area (Å²) in [6.07, 6.45) is 9.12. The van der Waals surface area contributed by atoms with Crippen LogP contribution in [0.1, 0.15) is 37.4 Å². The third kappa shape index (κ3) is 2.16. The predicted molar refractivity (Wildman–Crippen MR) is 86.7 cm³/mol. The van der Waals surface area contributed by atoms with Gasteiger partial charge in [-0.05, 0) is 61.6 Å². The van der Waals surface area contributed by atoms with Gasteiger partial charge in [0.15, 0.2) is 0 Å². The lowest BCUT2D eigenvalue weighted by atomic mass is 9.60. The van der Waals surface area contributed by atoms with Crippen LogP contribution in [0, 0.1) is 17.2 Å². The lowest BCUT2D eigenvalue weighted by Gasteiger charge is -2.43. The molecule has 1 heterocycles. The molecule has 1 aromatic heterocycles. The molecule has 2 aromatic rings. The Morgan fingerprint density at radius 3 is 2.87 bits per heavy atom. The SMILES string of the molecule is C[C@]12Cc3cnn(-c4ccc(F)cc4)c3C=C1CCC[C@@H]2C=O. The summed E-state index contributed by atoms with van der Waals surface area (Å²) in [5, 5.41) is 4.50. The van der Waals surface area contributed by atoms with Crippen LogP contribution in [0.4, 0.5) is 4.39 Å². The third-order valence-electron chi connectivity index (χ3n) is 5.50. The Morgan fingerprint density at radius 2 is 2.13 bits per heavy atom. The fraction of sp³-hybridized carbons (Fsp3) is 0.368. The first-order chi connectivity index (χ1) is 11.1. The van der Waals surface area contributed by atoms with Crippen molar-refractivity contribution in [1.29, 1.82) is 0 Å². The molecule has 2 aliphatic rings. The van der Waals surface area contributed by atoms with Crippen LogP contribution in [-0.4, -0.2) is 16.1 Å². The first-order valence-corrected chi connectivity index (χ1v) is 8.11. The van der Waals surface area contributed by atoms with E-state index < -0.39 is 0 Å². The average molecular weight is 310 g/mol. The first-order valence-electron chi connectivity index (χ1n) is 8.11. The van der Waals surface area contributed by atoms with Gasteiger partial charge in [-0.25, -0.2) is 9.07 Å². The molecular formula is C19H19FN2O. The van der Waals surface area contributed by atoms with Crippen molar-refractivity contribution in [1.82, 2.24) is 9.78 Å². The van der Waals surface area contributed by atoms with E-state index in [-0.39, 0.29) is 17.2 Å². The number of aromatic nitrogens is 2. The van der Waals surface area contributed by atoms with Crippen molar-refractivity contribution in [2.24, 2.45) is 11.3 Å². The van der Waals surface area contributed by atoms with Gasteiger partial charge in [-0.2, -0.15) is 5.10 Å². The second-order valence-corrected chi connectivity index (χ2v) is 6.84. The molecule has 0 unspecified atom stereocenters. The quantitative estimate of drug-likeness (QED) is 0.787. The van der Waals surface area contributed by atoms with Crippen LogP contribution in [0.5, 0.6) is 0 Å². The van der Waals surface area contributed by atoms with Crippen molar-refractivity contribution in [2.45, 2.75) is 32.6 Å². The Labute approximate surface area is 134 Å². The number of hydrogen-bond donors (Lipinski definition) is 0. The molecule has 0 spiro atoms. The molecule has 0 aliphatic heterocycles. The van der Waals surface area contributed by atoms with Crippen molar-refractivity contribution in [3.05, 3.63) is 53.1 Å². The molecule has 0 bridgehead atoms. The summed E-state index contributed by atoms with van der Waals surface area (Å²) in [7, 11) is 0. The summed E-state index contributed by atoms with van der Waals surface area (Å²) in [5.41, 5.74) is 4.35. The molecule has 23 heavy (non-hydrogen) atoms. The van der Waals surface area contributed by atoms with Gasteiger partial charge >= 0.3 is 0 Å². The Kier molecular flexibility index (Phi) is 3.22. The Morgan fingerprint density at radius 1 is 1.35 bits per heavy atom. The van der Waals surface area contributed by atoms with Gasteiger partial charge in [0.05, 0.1) is 17.6 Å². The molecule has 0 saturated heterocycles. The van der Waals surface area contributed by atoms with E-state index in [4.69, 9.17) is 0 Å². The molecule has 1 saturated carbocycles. The smallest absolute Gasteiger partial charge is 0.123 e. The lowest BCUT2D eigenvalue weighted by Crippen LogP contribution is -2.37. The number of carbonyl (C=O) groups excluding carboxylic acids is 1. The highest BCUT2D eigenvalue weighted by Crippen LogP contribution is 2.50. The van der Waals surface area contributed by atoms with Crippen LogP contribution in [0.15, 0.2) is 36.0 Å². The number of rotatable bonds is 2. The van der Waals surface area contributed by atoms with E-state index in [0.29, 0.717) is 0 Å². The summed E-state index contributed by atoms with van der Waals surface area (Å²) in [5.74, 6) is -0.161. The molecule has 2 atom stereocenters. The zero-order valence-electron chi connectivity index (χ0n) is 13.1. The van der Waals surface area contributed by atoms with Gasteiger partial charge in [0.1, 0.15) is 12.1 Å². The second-order valence-electron chi connectivity index (χ2n) is 6.84. The monoisotopic (exact) mass is 310 g/mol. The number of allylic oxidation sites excluding steroid dienone is 1. The molecule has 4 heteroatoms. The van der Waals surface area contributed by atoms with E-state index in [1.165, 1.54) is 17.7 Å². The third-order valence-corrected chi connectivity index (χ3v) is 5.50. The Hall–Kier alpha value is -2.23. The molecule has 0 N–H and O–H groups in total. The van der Waals surface area contributed by atoms with Gasteiger partial charge in [-0.1, -0.05) is 12.5 Å². The largest absolute Gasteiger partial charge is 0.303 e. The van der Waals surface area contributed by atoms with Crippen LogP contribution in [0.2, 0.25) is 0 Å². The van der Waals surface area contributed by atoms with Gasteiger partial charge in [-0.15, -0.1) is 0 Å². The normalized spacial score (nSPS) is 26.2. The molecule has 2 aliphatic carbocycles. The number of carbonyl (C=O) groups is 1. The van der Waals surface area contributed by atoms with Crippen LogP contribution < -0.4 is 0 Å². The molecule has 118 valence electrons. The molecule has 1 aromatic carbocycles. The van der Waals surface area contributed by atoms with Gasteiger partial charge in [0, 0.05) is 11.3 Å². The number of nitrogens with zero attached hydrogens (tertiary/aromatic N) is 2. The summed E-state index contributed by atoms with van der Waals surface area (Å²) in [6.45, 7) is 2.20. The highest BCUT2D eigenvalue weighted by molar-refractivity contribution is 5.66. The number of hydrogen-bond acceptors (Lipinski definition) is 2. The standard InChI is InChI=1S/C19H19FN2O/c1-19-10-13-11-21-22(17-7-5-16(20)6-8-17)18(13)9-14(19)3-2-4-15(19)12-23/h5-9,11-12,15H,2-4,10H2,1H3/t15-,19+/m1/s1. The van der Waals surface area contributed by atoms with Gasteiger partial charge < -0.3 is 4.79 Å². The predicted octanol–water partition coefficient (Wildman–Crippen LogP) is 3.96. The van der Waals surface area contributed by atoms with Gasteiger partial charge in [-0.3, -0.25) is 0 Å². The number of halogens is 1. The summed E-state index contributed by atoms with van der Waals surface area (Å²) < 4.78 is 15.0. The van der Waals surface area contributed by atoms with Crippen LogP contribution >= 0.6 is 0 Å².